The maximum Gasteiger partial charge on any atom is 0.409 e. The molecule has 2 unspecified atom stereocenters. The van der Waals surface area contributed by atoms with Gasteiger partial charge in [0.2, 0.25) is 0 Å². The van der Waals surface area contributed by atoms with Gasteiger partial charge in [0.05, 0.1) is 19.3 Å². The van der Waals surface area contributed by atoms with Gasteiger partial charge in [-0.05, 0) is 12.3 Å². The number of hydrogen-bond acceptors (Lipinski definition) is 3. The number of carbonyl (C=O) groups is 1. The van der Waals surface area contributed by atoms with E-state index in [0.29, 0.717) is 6.54 Å². The van der Waals surface area contributed by atoms with Crippen molar-refractivity contribution in [1.82, 2.24) is 4.90 Å². The van der Waals surface area contributed by atoms with Crippen molar-refractivity contribution in [2.45, 2.75) is 32.4 Å². The minimum Gasteiger partial charge on any atom is -0.453 e. The van der Waals surface area contributed by atoms with Crippen molar-refractivity contribution in [2.75, 3.05) is 13.7 Å². The molecule has 0 radical (unpaired) electrons. The van der Waals surface area contributed by atoms with E-state index in [1.54, 1.807) is 4.90 Å². The SMILES string of the molecule is COC(=O)N1CCC1C(O)C(C)C. The Hall–Kier alpha value is -0.770. The van der Waals surface area contributed by atoms with Crippen LogP contribution in [0.2, 0.25) is 0 Å². The highest BCUT2D eigenvalue weighted by molar-refractivity contribution is 5.68. The number of aliphatic hydroxyl groups excluding tert-OH is 1. The van der Waals surface area contributed by atoms with Crippen LogP contribution in [0.15, 0.2) is 0 Å². The Balaban J connectivity index is 2.49. The molecule has 1 amide bonds. The van der Waals surface area contributed by atoms with Crippen LogP contribution in [0.3, 0.4) is 0 Å². The Morgan fingerprint density at radius 1 is 1.62 bits per heavy atom. The van der Waals surface area contributed by atoms with E-state index in [0.717, 1.165) is 6.42 Å². The van der Waals surface area contributed by atoms with Crippen molar-refractivity contribution in [2.24, 2.45) is 5.92 Å². The van der Waals surface area contributed by atoms with Crippen molar-refractivity contribution in [3.63, 3.8) is 0 Å². The standard InChI is InChI=1S/C9H17NO3/c1-6(2)8(11)7-4-5-10(7)9(12)13-3/h6-8,11H,4-5H2,1-3H3. The van der Waals surface area contributed by atoms with E-state index >= 15 is 0 Å². The molecule has 1 aliphatic rings. The molecule has 1 fully saturated rings. The topological polar surface area (TPSA) is 49.8 Å². The third-order valence-corrected chi connectivity index (χ3v) is 2.55. The summed E-state index contributed by atoms with van der Waals surface area (Å²) in [6.07, 6.45) is 0.0952. The Labute approximate surface area is 78.5 Å². The largest absolute Gasteiger partial charge is 0.453 e. The van der Waals surface area contributed by atoms with Crippen LogP contribution < -0.4 is 0 Å². The quantitative estimate of drug-likeness (QED) is 0.697. The van der Waals surface area contributed by atoms with Crippen LogP contribution in [0.25, 0.3) is 0 Å². The summed E-state index contributed by atoms with van der Waals surface area (Å²) in [7, 11) is 1.36. The second-order valence-electron chi connectivity index (χ2n) is 3.75. The zero-order valence-electron chi connectivity index (χ0n) is 8.36. The summed E-state index contributed by atoms with van der Waals surface area (Å²) in [5.41, 5.74) is 0. The summed E-state index contributed by atoms with van der Waals surface area (Å²) in [4.78, 5) is 12.7. The molecule has 0 saturated carbocycles. The van der Waals surface area contributed by atoms with Gasteiger partial charge in [-0.3, -0.25) is 0 Å². The summed E-state index contributed by atoms with van der Waals surface area (Å²) in [5.74, 6) is 0.178. The molecule has 0 bridgehead atoms. The van der Waals surface area contributed by atoms with Gasteiger partial charge in [-0.1, -0.05) is 13.8 Å². The predicted octanol–water partition coefficient (Wildman–Crippen LogP) is 0.844. The highest BCUT2D eigenvalue weighted by atomic mass is 16.5. The van der Waals surface area contributed by atoms with E-state index in [1.807, 2.05) is 13.8 Å². The molecule has 0 aromatic carbocycles. The summed E-state index contributed by atoms with van der Waals surface area (Å²) in [5, 5.41) is 9.71. The number of nitrogens with zero attached hydrogens (tertiary/aromatic N) is 1. The fourth-order valence-corrected chi connectivity index (χ4v) is 1.55. The Morgan fingerprint density at radius 3 is 2.54 bits per heavy atom. The Kier molecular flexibility index (Phi) is 3.14. The highest BCUT2D eigenvalue weighted by Gasteiger charge is 2.38. The number of carbonyl (C=O) groups excluding carboxylic acids is 1. The minimum atomic E-state index is -0.437. The summed E-state index contributed by atoms with van der Waals surface area (Å²) < 4.78 is 4.59. The van der Waals surface area contributed by atoms with Crippen LogP contribution in [-0.4, -0.2) is 41.9 Å². The molecular formula is C9H17NO3. The van der Waals surface area contributed by atoms with E-state index in [-0.39, 0.29) is 18.1 Å². The van der Waals surface area contributed by atoms with Gasteiger partial charge in [-0.2, -0.15) is 0 Å². The van der Waals surface area contributed by atoms with E-state index in [4.69, 9.17) is 0 Å². The summed E-state index contributed by atoms with van der Waals surface area (Å²) >= 11 is 0. The fraction of sp³-hybridized carbons (Fsp3) is 0.889. The van der Waals surface area contributed by atoms with E-state index in [1.165, 1.54) is 7.11 Å². The van der Waals surface area contributed by atoms with Crippen molar-refractivity contribution in [3.8, 4) is 0 Å². The smallest absolute Gasteiger partial charge is 0.409 e. The van der Waals surface area contributed by atoms with Crippen LogP contribution >= 0.6 is 0 Å². The van der Waals surface area contributed by atoms with Crippen molar-refractivity contribution in [1.29, 1.82) is 0 Å². The number of hydrogen-bond donors (Lipinski definition) is 1. The zero-order chi connectivity index (χ0) is 10.0. The average molecular weight is 187 g/mol. The third-order valence-electron chi connectivity index (χ3n) is 2.55. The number of methoxy groups -OCH3 is 1. The molecule has 4 nitrogen and oxygen atoms in total. The molecule has 0 aromatic heterocycles. The second-order valence-corrected chi connectivity index (χ2v) is 3.75. The number of likely N-dealkylation sites (tertiary alicyclic amines) is 1. The van der Waals surface area contributed by atoms with Crippen molar-refractivity contribution in [3.05, 3.63) is 0 Å². The number of rotatable bonds is 2. The van der Waals surface area contributed by atoms with Gasteiger partial charge in [-0.15, -0.1) is 0 Å². The number of aliphatic hydroxyl groups is 1. The molecule has 0 aliphatic carbocycles. The molecule has 2 atom stereocenters. The summed E-state index contributed by atoms with van der Waals surface area (Å²) in [6.45, 7) is 4.58. The van der Waals surface area contributed by atoms with Gasteiger partial charge in [0, 0.05) is 6.54 Å². The zero-order valence-corrected chi connectivity index (χ0v) is 8.36. The lowest BCUT2D eigenvalue weighted by Crippen LogP contribution is -2.57. The van der Waals surface area contributed by atoms with Gasteiger partial charge in [0.1, 0.15) is 0 Å². The summed E-state index contributed by atoms with van der Waals surface area (Å²) in [6, 6.07) is -0.0487. The Morgan fingerprint density at radius 2 is 2.23 bits per heavy atom. The highest BCUT2D eigenvalue weighted by Crippen LogP contribution is 2.24. The minimum absolute atomic E-state index is 0.0487. The van der Waals surface area contributed by atoms with Crippen LogP contribution in [0, 0.1) is 5.92 Å². The van der Waals surface area contributed by atoms with Gasteiger partial charge >= 0.3 is 6.09 Å². The first kappa shape index (κ1) is 10.3. The van der Waals surface area contributed by atoms with Crippen molar-refractivity contribution >= 4 is 6.09 Å². The van der Waals surface area contributed by atoms with Gasteiger partial charge in [0.25, 0.3) is 0 Å². The van der Waals surface area contributed by atoms with Crippen LogP contribution in [0.4, 0.5) is 4.79 Å². The fourth-order valence-electron chi connectivity index (χ4n) is 1.55. The maximum absolute atomic E-state index is 11.1. The van der Waals surface area contributed by atoms with Crippen molar-refractivity contribution < 1.29 is 14.6 Å². The van der Waals surface area contributed by atoms with Crippen LogP contribution in [-0.2, 0) is 4.74 Å². The normalized spacial score (nSPS) is 24.1. The molecule has 0 aromatic rings. The molecule has 76 valence electrons. The molecule has 1 aliphatic heterocycles. The lowest BCUT2D eigenvalue weighted by atomic mass is 9.91. The van der Waals surface area contributed by atoms with E-state index in [9.17, 15) is 9.90 Å². The number of amides is 1. The second kappa shape index (κ2) is 3.96. The third kappa shape index (κ3) is 1.94. The van der Waals surface area contributed by atoms with Crippen LogP contribution in [0.1, 0.15) is 20.3 Å². The molecule has 1 rings (SSSR count). The Bertz CT molecular complexity index is 193. The first-order valence-corrected chi connectivity index (χ1v) is 4.60. The molecule has 4 heteroatoms. The molecule has 1 N–H and O–H groups in total. The average Bonchev–Trinajstić information content (AvgIpc) is 2.01. The van der Waals surface area contributed by atoms with Gasteiger partial charge < -0.3 is 14.7 Å². The predicted molar refractivity (Wildman–Crippen MR) is 48.4 cm³/mol. The molecular weight excluding hydrogens is 170 g/mol. The monoisotopic (exact) mass is 187 g/mol. The number of ether oxygens (including phenoxy) is 1. The maximum atomic E-state index is 11.1. The first-order valence-electron chi connectivity index (χ1n) is 4.60. The molecule has 1 heterocycles. The molecule has 1 saturated heterocycles. The lowest BCUT2D eigenvalue weighted by molar-refractivity contribution is -0.0284. The van der Waals surface area contributed by atoms with Gasteiger partial charge in [-0.25, -0.2) is 4.79 Å². The first-order chi connectivity index (χ1) is 6.07. The van der Waals surface area contributed by atoms with Gasteiger partial charge in [0.15, 0.2) is 0 Å². The van der Waals surface area contributed by atoms with Crippen LogP contribution in [0.5, 0.6) is 0 Å². The van der Waals surface area contributed by atoms with E-state index in [2.05, 4.69) is 4.74 Å². The molecule has 0 spiro atoms. The lowest BCUT2D eigenvalue weighted by Gasteiger charge is -2.43. The molecule has 13 heavy (non-hydrogen) atoms. The van der Waals surface area contributed by atoms with E-state index < -0.39 is 6.10 Å².